The highest BCUT2D eigenvalue weighted by molar-refractivity contribution is 5.85. The Bertz CT molecular complexity index is 182. The summed E-state index contributed by atoms with van der Waals surface area (Å²) in [4.78, 5) is 20.6. The minimum absolute atomic E-state index is 0.0863. The molecule has 0 aromatic heterocycles. The summed E-state index contributed by atoms with van der Waals surface area (Å²) < 4.78 is 0. The van der Waals surface area contributed by atoms with Gasteiger partial charge in [-0.15, -0.1) is 0 Å². The van der Waals surface area contributed by atoms with Crippen LogP contribution >= 0.6 is 0 Å². The van der Waals surface area contributed by atoms with Gasteiger partial charge in [0.05, 0.1) is 0 Å². The number of ketones is 1. The zero-order chi connectivity index (χ0) is 8.85. The topological polar surface area (TPSA) is 54.4 Å². The molecule has 0 aliphatic carbocycles. The van der Waals surface area contributed by atoms with Crippen molar-refractivity contribution in [2.24, 2.45) is 0 Å². The Morgan fingerprint density at radius 2 is 1.91 bits per heavy atom. The Kier molecular flexibility index (Phi) is 4.18. The molecule has 0 aliphatic heterocycles. The lowest BCUT2D eigenvalue weighted by Gasteiger charge is -1.96. The molecule has 0 saturated heterocycles. The summed E-state index contributed by atoms with van der Waals surface area (Å²) in [6, 6.07) is 0. The fourth-order valence-electron chi connectivity index (χ4n) is 0.658. The molecule has 3 heteroatoms. The van der Waals surface area contributed by atoms with Crippen molar-refractivity contribution in [3.8, 4) is 0 Å². The highest BCUT2D eigenvalue weighted by atomic mass is 16.4. The zero-order valence-corrected chi connectivity index (χ0v) is 6.59. The molecule has 0 radical (unpaired) electrons. The van der Waals surface area contributed by atoms with Gasteiger partial charge in [-0.1, -0.05) is 6.58 Å². The van der Waals surface area contributed by atoms with Gasteiger partial charge in [0.1, 0.15) is 5.78 Å². The SMILES string of the molecule is C=C(CCCC(C)=O)C(=O)O. The largest absolute Gasteiger partial charge is 0.478 e. The van der Waals surface area contributed by atoms with Crippen LogP contribution in [-0.2, 0) is 9.59 Å². The van der Waals surface area contributed by atoms with Crippen molar-refractivity contribution in [3.63, 3.8) is 0 Å². The van der Waals surface area contributed by atoms with E-state index in [-0.39, 0.29) is 11.4 Å². The van der Waals surface area contributed by atoms with Gasteiger partial charge in [0, 0.05) is 12.0 Å². The van der Waals surface area contributed by atoms with Crippen molar-refractivity contribution < 1.29 is 14.7 Å². The molecule has 0 unspecified atom stereocenters. The van der Waals surface area contributed by atoms with E-state index < -0.39 is 5.97 Å². The van der Waals surface area contributed by atoms with E-state index in [1.807, 2.05) is 0 Å². The van der Waals surface area contributed by atoms with Crippen molar-refractivity contribution >= 4 is 11.8 Å². The van der Waals surface area contributed by atoms with Crippen LogP contribution in [0.25, 0.3) is 0 Å². The fraction of sp³-hybridized carbons (Fsp3) is 0.500. The highest BCUT2D eigenvalue weighted by Crippen LogP contribution is 2.04. The molecule has 11 heavy (non-hydrogen) atoms. The standard InChI is InChI=1S/C8H12O3/c1-6(8(10)11)4-3-5-7(2)9/h1,3-5H2,2H3,(H,10,11). The molecule has 0 bridgehead atoms. The molecule has 0 aromatic carbocycles. The molecule has 0 rings (SSSR count). The molecule has 62 valence electrons. The second-order valence-electron chi connectivity index (χ2n) is 2.46. The van der Waals surface area contributed by atoms with Crippen LogP contribution in [0, 0.1) is 0 Å². The first kappa shape index (κ1) is 9.88. The van der Waals surface area contributed by atoms with Gasteiger partial charge in [-0.25, -0.2) is 4.79 Å². The fourth-order valence-corrected chi connectivity index (χ4v) is 0.658. The summed E-state index contributed by atoms with van der Waals surface area (Å²) >= 11 is 0. The van der Waals surface area contributed by atoms with Crippen LogP contribution in [0.2, 0.25) is 0 Å². The van der Waals surface area contributed by atoms with E-state index in [0.717, 1.165) is 0 Å². The number of carboxylic acids is 1. The molecular formula is C8H12O3. The van der Waals surface area contributed by atoms with E-state index in [9.17, 15) is 9.59 Å². The zero-order valence-electron chi connectivity index (χ0n) is 6.59. The highest BCUT2D eigenvalue weighted by Gasteiger charge is 2.03. The smallest absolute Gasteiger partial charge is 0.330 e. The monoisotopic (exact) mass is 156 g/mol. The summed E-state index contributed by atoms with van der Waals surface area (Å²) in [5.74, 6) is -0.892. The normalized spacial score (nSPS) is 9.18. The lowest BCUT2D eigenvalue weighted by molar-refractivity contribution is -0.132. The van der Waals surface area contributed by atoms with Gasteiger partial charge < -0.3 is 9.90 Å². The van der Waals surface area contributed by atoms with Gasteiger partial charge in [-0.2, -0.15) is 0 Å². The molecule has 0 saturated carbocycles. The second-order valence-corrected chi connectivity index (χ2v) is 2.46. The third-order valence-corrected chi connectivity index (χ3v) is 1.31. The summed E-state index contributed by atoms with van der Waals surface area (Å²) in [5.41, 5.74) is 0.172. The van der Waals surface area contributed by atoms with Crippen LogP contribution in [0.5, 0.6) is 0 Å². The Morgan fingerprint density at radius 1 is 1.36 bits per heavy atom. The molecule has 0 heterocycles. The van der Waals surface area contributed by atoms with Crippen molar-refractivity contribution in [2.75, 3.05) is 0 Å². The first-order valence-electron chi connectivity index (χ1n) is 3.44. The van der Waals surface area contributed by atoms with Crippen LogP contribution in [-0.4, -0.2) is 16.9 Å². The summed E-state index contributed by atoms with van der Waals surface area (Å²) in [6.45, 7) is 4.83. The molecule has 0 amide bonds. The van der Waals surface area contributed by atoms with Crippen LogP contribution in [0.4, 0.5) is 0 Å². The number of carboxylic acid groups (broad SMARTS) is 1. The number of aliphatic carboxylic acids is 1. The van der Waals surface area contributed by atoms with Crippen LogP contribution in [0.1, 0.15) is 26.2 Å². The van der Waals surface area contributed by atoms with Gasteiger partial charge in [0.15, 0.2) is 0 Å². The molecular weight excluding hydrogens is 144 g/mol. The van der Waals surface area contributed by atoms with Crippen molar-refractivity contribution in [3.05, 3.63) is 12.2 Å². The summed E-state index contributed by atoms with van der Waals surface area (Å²) in [5, 5.41) is 8.36. The average Bonchev–Trinajstić information content (AvgIpc) is 1.86. The number of Topliss-reactive ketones (excluding diaryl/α,β-unsaturated/α-hetero) is 1. The summed E-state index contributed by atoms with van der Waals surface area (Å²) in [7, 11) is 0. The molecule has 0 aliphatic rings. The van der Waals surface area contributed by atoms with Gasteiger partial charge >= 0.3 is 5.97 Å². The van der Waals surface area contributed by atoms with Crippen molar-refractivity contribution in [2.45, 2.75) is 26.2 Å². The van der Waals surface area contributed by atoms with Gasteiger partial charge in [0.25, 0.3) is 0 Å². The lowest BCUT2D eigenvalue weighted by atomic mass is 10.1. The van der Waals surface area contributed by atoms with E-state index in [1.165, 1.54) is 6.92 Å². The average molecular weight is 156 g/mol. The molecule has 1 N–H and O–H groups in total. The predicted octanol–water partition coefficient (Wildman–Crippen LogP) is 1.39. The first-order valence-corrected chi connectivity index (χ1v) is 3.44. The molecule has 0 atom stereocenters. The van der Waals surface area contributed by atoms with E-state index in [1.54, 1.807) is 0 Å². The Morgan fingerprint density at radius 3 is 2.27 bits per heavy atom. The van der Waals surface area contributed by atoms with E-state index in [2.05, 4.69) is 6.58 Å². The van der Waals surface area contributed by atoms with Crippen LogP contribution < -0.4 is 0 Å². The predicted molar refractivity (Wildman–Crippen MR) is 41.3 cm³/mol. The van der Waals surface area contributed by atoms with Gasteiger partial charge in [-0.3, -0.25) is 0 Å². The molecule has 0 aromatic rings. The van der Waals surface area contributed by atoms with Crippen molar-refractivity contribution in [1.29, 1.82) is 0 Å². The minimum Gasteiger partial charge on any atom is -0.478 e. The quantitative estimate of drug-likeness (QED) is 0.612. The summed E-state index contributed by atoms with van der Waals surface area (Å²) in [6.07, 6.45) is 1.42. The number of carbonyl (C=O) groups is 2. The Balaban J connectivity index is 3.47. The van der Waals surface area contributed by atoms with Gasteiger partial charge in [0.2, 0.25) is 0 Å². The number of carbonyl (C=O) groups excluding carboxylic acids is 1. The molecule has 3 nitrogen and oxygen atoms in total. The first-order chi connectivity index (χ1) is 5.04. The van der Waals surface area contributed by atoms with Crippen LogP contribution in [0.15, 0.2) is 12.2 Å². The van der Waals surface area contributed by atoms with Crippen LogP contribution in [0.3, 0.4) is 0 Å². The van der Waals surface area contributed by atoms with E-state index >= 15 is 0 Å². The second kappa shape index (κ2) is 4.66. The maximum atomic E-state index is 10.4. The lowest BCUT2D eigenvalue weighted by Crippen LogP contribution is -1.99. The third kappa shape index (κ3) is 5.33. The number of rotatable bonds is 5. The Hall–Kier alpha value is -1.12. The number of hydrogen-bond acceptors (Lipinski definition) is 2. The number of hydrogen-bond donors (Lipinski definition) is 1. The molecule has 0 fully saturated rings. The maximum Gasteiger partial charge on any atom is 0.330 e. The van der Waals surface area contributed by atoms with Crippen molar-refractivity contribution in [1.82, 2.24) is 0 Å². The van der Waals surface area contributed by atoms with E-state index in [0.29, 0.717) is 19.3 Å². The maximum absolute atomic E-state index is 10.4. The minimum atomic E-state index is -0.978. The third-order valence-electron chi connectivity index (χ3n) is 1.31. The van der Waals surface area contributed by atoms with Gasteiger partial charge in [-0.05, 0) is 19.8 Å². The van der Waals surface area contributed by atoms with E-state index in [4.69, 9.17) is 5.11 Å². The Labute approximate surface area is 65.7 Å². The molecule has 0 spiro atoms.